The van der Waals surface area contributed by atoms with Crippen molar-refractivity contribution >= 4 is 38.6 Å². The van der Waals surface area contributed by atoms with E-state index in [2.05, 4.69) is 15.9 Å². The molecule has 0 bridgehead atoms. The normalized spacial score (nSPS) is 10.4. The second-order valence-electron chi connectivity index (χ2n) is 5.40. The molecule has 3 rings (SSSR count). The van der Waals surface area contributed by atoms with Crippen molar-refractivity contribution in [1.29, 1.82) is 0 Å². The highest BCUT2D eigenvalue weighted by Crippen LogP contribution is 2.37. The molecule has 0 aliphatic carbocycles. The van der Waals surface area contributed by atoms with Gasteiger partial charge in [-0.3, -0.25) is 0 Å². The van der Waals surface area contributed by atoms with Gasteiger partial charge < -0.3 is 14.2 Å². The average Bonchev–Trinajstić information content (AvgIpc) is 2.68. The highest BCUT2D eigenvalue weighted by atomic mass is 79.9. The van der Waals surface area contributed by atoms with Crippen molar-refractivity contribution in [3.8, 4) is 11.5 Å². The number of halogens is 1. The first-order chi connectivity index (χ1) is 12.5. The zero-order valence-corrected chi connectivity index (χ0v) is 15.7. The number of esters is 2. The molecule has 0 saturated heterocycles. The highest BCUT2D eigenvalue weighted by molar-refractivity contribution is 9.10. The number of rotatable bonds is 4. The molecule has 0 spiro atoms. The van der Waals surface area contributed by atoms with Crippen LogP contribution in [0.4, 0.5) is 0 Å². The first-order valence-electron chi connectivity index (χ1n) is 7.71. The van der Waals surface area contributed by atoms with E-state index in [-0.39, 0.29) is 17.1 Å². The summed E-state index contributed by atoms with van der Waals surface area (Å²) in [4.78, 5) is 24.5. The molecule has 0 fully saturated rings. The number of fused-ring (bicyclic) bond motifs is 1. The van der Waals surface area contributed by atoms with E-state index in [0.29, 0.717) is 10.0 Å². The first-order valence-corrected chi connectivity index (χ1v) is 8.50. The van der Waals surface area contributed by atoms with Gasteiger partial charge in [0.25, 0.3) is 0 Å². The van der Waals surface area contributed by atoms with Gasteiger partial charge >= 0.3 is 11.9 Å². The van der Waals surface area contributed by atoms with Crippen LogP contribution in [0.15, 0.2) is 59.1 Å². The van der Waals surface area contributed by atoms with Crippen molar-refractivity contribution in [2.45, 2.75) is 0 Å². The minimum Gasteiger partial charge on any atom is -0.493 e. The highest BCUT2D eigenvalue weighted by Gasteiger charge is 2.20. The molecule has 0 unspecified atom stereocenters. The van der Waals surface area contributed by atoms with Crippen LogP contribution in [0.2, 0.25) is 0 Å². The maximum Gasteiger partial charge on any atom is 0.344 e. The smallest absolute Gasteiger partial charge is 0.344 e. The van der Waals surface area contributed by atoms with Gasteiger partial charge in [-0.25, -0.2) is 9.59 Å². The molecule has 0 amide bonds. The molecule has 5 nitrogen and oxygen atoms in total. The van der Waals surface area contributed by atoms with Gasteiger partial charge in [-0.05, 0) is 44.9 Å². The van der Waals surface area contributed by atoms with Gasteiger partial charge in [0, 0.05) is 0 Å². The molecule has 26 heavy (non-hydrogen) atoms. The average molecular weight is 415 g/mol. The molecule has 0 aliphatic rings. The van der Waals surface area contributed by atoms with E-state index in [0.717, 1.165) is 10.8 Å². The summed E-state index contributed by atoms with van der Waals surface area (Å²) in [5.74, 6) is -0.603. The number of hydrogen-bond donors (Lipinski definition) is 0. The summed E-state index contributed by atoms with van der Waals surface area (Å²) in [7, 11) is 2.72. The molecule has 3 aromatic carbocycles. The zero-order valence-electron chi connectivity index (χ0n) is 14.1. The third-order valence-electron chi connectivity index (χ3n) is 3.85. The van der Waals surface area contributed by atoms with Crippen LogP contribution in [0.1, 0.15) is 20.7 Å². The van der Waals surface area contributed by atoms with E-state index in [1.54, 1.807) is 12.1 Å². The number of methoxy groups -OCH3 is 2. The summed E-state index contributed by atoms with van der Waals surface area (Å²) in [6, 6.07) is 15.9. The van der Waals surface area contributed by atoms with E-state index in [4.69, 9.17) is 14.2 Å². The predicted molar refractivity (Wildman–Crippen MR) is 101 cm³/mol. The number of benzene rings is 3. The number of hydrogen-bond acceptors (Lipinski definition) is 5. The van der Waals surface area contributed by atoms with Crippen LogP contribution < -0.4 is 9.47 Å². The van der Waals surface area contributed by atoms with Gasteiger partial charge in [0.05, 0.1) is 29.8 Å². The summed E-state index contributed by atoms with van der Waals surface area (Å²) in [6.45, 7) is 0. The Balaban J connectivity index is 2.00. The van der Waals surface area contributed by atoms with E-state index >= 15 is 0 Å². The van der Waals surface area contributed by atoms with Gasteiger partial charge in [0.2, 0.25) is 0 Å². The maximum absolute atomic E-state index is 12.7. The quantitative estimate of drug-likeness (QED) is 0.460. The van der Waals surface area contributed by atoms with E-state index in [9.17, 15) is 9.59 Å². The van der Waals surface area contributed by atoms with Crippen molar-refractivity contribution in [1.82, 2.24) is 0 Å². The maximum atomic E-state index is 12.7. The SMILES string of the molecule is COC(=O)c1cc(Br)c(OC(=O)c2cccc3ccccc23)c(OC)c1. The fraction of sp³-hybridized carbons (Fsp3) is 0.100. The lowest BCUT2D eigenvalue weighted by molar-refractivity contribution is 0.0600. The third kappa shape index (κ3) is 3.41. The minimum absolute atomic E-state index is 0.193. The molecule has 0 aliphatic heterocycles. The molecule has 0 atom stereocenters. The van der Waals surface area contributed by atoms with Crippen LogP contribution >= 0.6 is 15.9 Å². The van der Waals surface area contributed by atoms with E-state index in [1.165, 1.54) is 26.4 Å². The Morgan fingerprint density at radius 1 is 0.923 bits per heavy atom. The van der Waals surface area contributed by atoms with E-state index < -0.39 is 11.9 Å². The summed E-state index contributed by atoms with van der Waals surface area (Å²) in [6.07, 6.45) is 0. The van der Waals surface area contributed by atoms with Crippen LogP contribution in [-0.4, -0.2) is 26.2 Å². The molecule has 132 valence electrons. The van der Waals surface area contributed by atoms with Crippen LogP contribution in [0.25, 0.3) is 10.8 Å². The Morgan fingerprint density at radius 2 is 1.65 bits per heavy atom. The molecule has 0 N–H and O–H groups in total. The Bertz CT molecular complexity index is 991. The van der Waals surface area contributed by atoms with Crippen LogP contribution in [0, 0.1) is 0 Å². The van der Waals surface area contributed by atoms with Crippen LogP contribution in [0.3, 0.4) is 0 Å². The predicted octanol–water partition coefficient (Wildman–Crippen LogP) is 4.62. The molecule has 0 radical (unpaired) electrons. The van der Waals surface area contributed by atoms with Crippen LogP contribution in [-0.2, 0) is 4.74 Å². The molecule has 3 aromatic rings. The molecule has 0 aromatic heterocycles. The summed E-state index contributed by atoms with van der Waals surface area (Å²) in [5.41, 5.74) is 0.718. The summed E-state index contributed by atoms with van der Waals surface area (Å²) < 4.78 is 16.0. The lowest BCUT2D eigenvalue weighted by Gasteiger charge is -2.13. The summed E-state index contributed by atoms with van der Waals surface area (Å²) >= 11 is 3.32. The molecule has 0 heterocycles. The number of ether oxygens (including phenoxy) is 3. The first kappa shape index (κ1) is 17.9. The lowest BCUT2D eigenvalue weighted by Crippen LogP contribution is -2.11. The molecular formula is C20H15BrO5. The van der Waals surface area contributed by atoms with Crippen molar-refractivity contribution in [3.05, 3.63) is 70.2 Å². The number of carbonyl (C=O) groups excluding carboxylic acids is 2. The molecular weight excluding hydrogens is 400 g/mol. The second kappa shape index (κ2) is 7.58. The fourth-order valence-corrected chi connectivity index (χ4v) is 3.13. The topological polar surface area (TPSA) is 61.8 Å². The Morgan fingerprint density at radius 3 is 2.38 bits per heavy atom. The Kier molecular flexibility index (Phi) is 5.23. The Labute approximate surface area is 158 Å². The van der Waals surface area contributed by atoms with Crippen molar-refractivity contribution in [2.75, 3.05) is 14.2 Å². The molecule has 0 saturated carbocycles. The van der Waals surface area contributed by atoms with Gasteiger partial charge in [0.1, 0.15) is 0 Å². The third-order valence-corrected chi connectivity index (χ3v) is 4.44. The van der Waals surface area contributed by atoms with Crippen molar-refractivity contribution in [3.63, 3.8) is 0 Å². The summed E-state index contributed by atoms with van der Waals surface area (Å²) in [5, 5.41) is 1.73. The van der Waals surface area contributed by atoms with Crippen LogP contribution in [0.5, 0.6) is 11.5 Å². The van der Waals surface area contributed by atoms with Gasteiger partial charge in [-0.1, -0.05) is 36.4 Å². The van der Waals surface area contributed by atoms with E-state index in [1.807, 2.05) is 30.3 Å². The second-order valence-corrected chi connectivity index (χ2v) is 6.25. The molecule has 6 heteroatoms. The Hall–Kier alpha value is -2.86. The largest absolute Gasteiger partial charge is 0.493 e. The van der Waals surface area contributed by atoms with Gasteiger partial charge in [-0.2, -0.15) is 0 Å². The zero-order chi connectivity index (χ0) is 18.7. The fourth-order valence-electron chi connectivity index (χ4n) is 2.61. The van der Waals surface area contributed by atoms with Gasteiger partial charge in [-0.15, -0.1) is 0 Å². The lowest BCUT2D eigenvalue weighted by atomic mass is 10.0. The minimum atomic E-state index is -0.522. The van der Waals surface area contributed by atoms with Crippen molar-refractivity contribution < 1.29 is 23.8 Å². The number of carbonyl (C=O) groups is 2. The standard InChI is InChI=1S/C20H15BrO5/c1-24-17-11-13(19(22)25-2)10-16(21)18(17)26-20(23)15-9-5-7-12-6-3-4-8-14(12)15/h3-11H,1-2H3. The monoisotopic (exact) mass is 414 g/mol. The van der Waals surface area contributed by atoms with Crippen molar-refractivity contribution in [2.24, 2.45) is 0 Å². The van der Waals surface area contributed by atoms with Gasteiger partial charge in [0.15, 0.2) is 11.5 Å².